The molecule has 2 rings (SSSR count). The number of benzene rings is 1. The van der Waals surface area contributed by atoms with Gasteiger partial charge in [-0.05, 0) is 77.5 Å². The maximum Gasteiger partial charge on any atom is 0.138 e. The molecule has 1 aromatic rings. The topological polar surface area (TPSA) is 24.8 Å². The second-order valence-corrected chi connectivity index (χ2v) is 7.80. The van der Waals surface area contributed by atoms with Crippen molar-refractivity contribution in [2.75, 3.05) is 20.2 Å². The van der Waals surface area contributed by atoms with E-state index in [-0.39, 0.29) is 5.82 Å². The summed E-state index contributed by atoms with van der Waals surface area (Å²) in [6.07, 6.45) is 20.4. The van der Waals surface area contributed by atoms with Crippen LogP contribution in [0, 0.1) is 12.7 Å². The molecule has 1 saturated heterocycles. The molecule has 0 atom stereocenters. The molecule has 0 radical (unpaired) electrons. The van der Waals surface area contributed by atoms with Crippen LogP contribution in [0.4, 0.5) is 4.39 Å². The number of allylic oxidation sites excluding steroid dienone is 10. The van der Waals surface area contributed by atoms with Gasteiger partial charge in [0, 0.05) is 24.9 Å². The maximum atomic E-state index is 14.3. The Morgan fingerprint density at radius 3 is 2.23 bits per heavy atom. The van der Waals surface area contributed by atoms with Crippen molar-refractivity contribution < 1.29 is 9.13 Å². The molecular weight excluding hydrogens is 435 g/mol. The Bertz CT molecular complexity index is 923. The quantitative estimate of drug-likeness (QED) is 0.212. The number of piperidine rings is 1. The van der Waals surface area contributed by atoms with Crippen LogP contribution in [0.25, 0.3) is 5.57 Å². The maximum absolute atomic E-state index is 14.3. The van der Waals surface area contributed by atoms with Crippen molar-refractivity contribution in [2.45, 2.75) is 47.0 Å². The largest absolute Gasteiger partial charge is 0.495 e. The standard InChI is InChI=1S/C21H28FNO.C7H10.C3H5N/c1-5-9-18(19-14-16(2)10-11-20(19)22)15-21(24-4)17(3)23-12-7-6-8-13-23;1-3-5-7-6-4-2;1-3-4-2/h5,9-11,14-15H,6-8,12-13H2,1-4H3;3-7H,1H2,2H3;3H,1-2H2/b9-5-,18-15+,21-17+;6-4-,7-5+;. The summed E-state index contributed by atoms with van der Waals surface area (Å²) in [4.78, 5) is 5.61. The molecule has 0 N–H and O–H groups in total. The average Bonchev–Trinajstić information content (AvgIpc) is 2.89. The van der Waals surface area contributed by atoms with Gasteiger partial charge in [-0.1, -0.05) is 67.3 Å². The third-order valence-corrected chi connectivity index (χ3v) is 5.15. The summed E-state index contributed by atoms with van der Waals surface area (Å²) in [5, 5.41) is 0. The van der Waals surface area contributed by atoms with Crippen LogP contribution in [-0.2, 0) is 4.74 Å². The highest BCUT2D eigenvalue weighted by molar-refractivity contribution is 5.76. The first kappa shape index (κ1) is 31.6. The molecule has 1 aromatic carbocycles. The molecule has 1 aliphatic heterocycles. The summed E-state index contributed by atoms with van der Waals surface area (Å²) in [7, 11) is 1.68. The Labute approximate surface area is 213 Å². The Morgan fingerprint density at radius 2 is 1.71 bits per heavy atom. The van der Waals surface area contributed by atoms with Gasteiger partial charge < -0.3 is 9.64 Å². The number of hydrogen-bond donors (Lipinski definition) is 0. The number of hydrogen-bond acceptors (Lipinski definition) is 3. The van der Waals surface area contributed by atoms with Gasteiger partial charge in [0.15, 0.2) is 0 Å². The number of aliphatic imine (C=N–C) groups is 1. The summed E-state index contributed by atoms with van der Waals surface area (Å²) < 4.78 is 20.0. The van der Waals surface area contributed by atoms with Crippen LogP contribution in [0.15, 0.2) is 103 Å². The molecule has 1 aliphatic rings. The molecule has 3 nitrogen and oxygen atoms in total. The van der Waals surface area contributed by atoms with Crippen molar-refractivity contribution in [1.82, 2.24) is 4.90 Å². The number of methoxy groups -OCH3 is 1. The van der Waals surface area contributed by atoms with E-state index in [0.29, 0.717) is 5.56 Å². The van der Waals surface area contributed by atoms with Crippen LogP contribution in [0.3, 0.4) is 0 Å². The van der Waals surface area contributed by atoms with Crippen molar-refractivity contribution >= 4 is 12.3 Å². The zero-order chi connectivity index (χ0) is 26.5. The fourth-order valence-corrected chi connectivity index (χ4v) is 3.35. The lowest BCUT2D eigenvalue weighted by atomic mass is 10.0. The monoisotopic (exact) mass is 478 g/mol. The van der Waals surface area contributed by atoms with Crippen molar-refractivity contribution in [3.63, 3.8) is 0 Å². The molecule has 0 spiro atoms. The van der Waals surface area contributed by atoms with Crippen LogP contribution in [-0.4, -0.2) is 31.8 Å². The zero-order valence-electron chi connectivity index (χ0n) is 22.3. The van der Waals surface area contributed by atoms with E-state index in [1.54, 1.807) is 19.3 Å². The lowest BCUT2D eigenvalue weighted by Crippen LogP contribution is -2.29. The average molecular weight is 479 g/mol. The first-order chi connectivity index (χ1) is 16.9. The number of halogens is 1. The van der Waals surface area contributed by atoms with Crippen LogP contribution in [0.2, 0.25) is 0 Å². The molecule has 0 aliphatic carbocycles. The molecule has 1 fully saturated rings. The highest BCUT2D eigenvalue weighted by Crippen LogP contribution is 2.25. The minimum atomic E-state index is -0.212. The van der Waals surface area contributed by atoms with E-state index in [2.05, 4.69) is 36.7 Å². The fourth-order valence-electron chi connectivity index (χ4n) is 3.35. The van der Waals surface area contributed by atoms with Gasteiger partial charge in [-0.2, -0.15) is 0 Å². The van der Waals surface area contributed by atoms with E-state index < -0.39 is 0 Å². The SMILES string of the molecule is C=C/C=C/C=C\C.C=CN=C.C\C=C/C(=C\C(OC)=C(\C)N1CCCCC1)c1cc(C)ccc1F. The Kier molecular flexibility index (Phi) is 18.1. The number of aryl methyl sites for hydroxylation is 1. The Balaban J connectivity index is 0.000000878. The first-order valence-electron chi connectivity index (χ1n) is 12.0. The predicted molar refractivity (Wildman–Crippen MR) is 153 cm³/mol. The van der Waals surface area contributed by atoms with Crippen molar-refractivity contribution in [1.29, 1.82) is 0 Å². The van der Waals surface area contributed by atoms with Crippen LogP contribution >= 0.6 is 0 Å². The Morgan fingerprint density at radius 1 is 1.06 bits per heavy atom. The van der Waals surface area contributed by atoms with Crippen LogP contribution in [0.1, 0.15) is 51.2 Å². The number of likely N-dealkylation sites (tertiary alicyclic amines) is 1. The van der Waals surface area contributed by atoms with E-state index in [1.807, 2.05) is 69.4 Å². The van der Waals surface area contributed by atoms with E-state index in [0.717, 1.165) is 35.7 Å². The molecular formula is C31H43FN2O. The molecule has 0 bridgehead atoms. The summed E-state index contributed by atoms with van der Waals surface area (Å²) in [6.45, 7) is 20.0. The van der Waals surface area contributed by atoms with E-state index in [1.165, 1.54) is 31.5 Å². The fraction of sp³-hybridized carbons (Fsp3) is 0.323. The van der Waals surface area contributed by atoms with Gasteiger partial charge in [0.2, 0.25) is 0 Å². The van der Waals surface area contributed by atoms with Crippen molar-refractivity contribution in [3.8, 4) is 0 Å². The minimum Gasteiger partial charge on any atom is -0.495 e. The molecule has 0 aromatic heterocycles. The summed E-state index contributed by atoms with van der Waals surface area (Å²) in [5.41, 5.74) is 3.59. The van der Waals surface area contributed by atoms with E-state index in [4.69, 9.17) is 4.74 Å². The van der Waals surface area contributed by atoms with Gasteiger partial charge in [-0.3, -0.25) is 4.99 Å². The van der Waals surface area contributed by atoms with Crippen LogP contribution in [0.5, 0.6) is 0 Å². The smallest absolute Gasteiger partial charge is 0.138 e. The number of nitrogens with zero attached hydrogens (tertiary/aromatic N) is 2. The molecule has 35 heavy (non-hydrogen) atoms. The molecule has 0 saturated carbocycles. The van der Waals surface area contributed by atoms with Gasteiger partial charge in [-0.15, -0.1) is 0 Å². The second kappa shape index (κ2) is 20.0. The van der Waals surface area contributed by atoms with Gasteiger partial charge >= 0.3 is 0 Å². The molecule has 0 unspecified atom stereocenters. The van der Waals surface area contributed by atoms with Crippen molar-refractivity contribution in [3.05, 3.63) is 115 Å². The van der Waals surface area contributed by atoms with E-state index in [9.17, 15) is 4.39 Å². The summed E-state index contributed by atoms with van der Waals surface area (Å²) in [6, 6.07) is 5.19. The van der Waals surface area contributed by atoms with Gasteiger partial charge in [0.25, 0.3) is 0 Å². The van der Waals surface area contributed by atoms with Crippen molar-refractivity contribution in [2.24, 2.45) is 4.99 Å². The van der Waals surface area contributed by atoms with Gasteiger partial charge in [0.1, 0.15) is 11.6 Å². The highest BCUT2D eigenvalue weighted by atomic mass is 19.1. The molecule has 1 heterocycles. The zero-order valence-corrected chi connectivity index (χ0v) is 22.3. The third kappa shape index (κ3) is 13.2. The summed E-state index contributed by atoms with van der Waals surface area (Å²) >= 11 is 0. The minimum absolute atomic E-state index is 0.212. The highest BCUT2D eigenvalue weighted by Gasteiger charge is 2.15. The molecule has 4 heteroatoms. The normalized spacial score (nSPS) is 14.6. The second-order valence-electron chi connectivity index (χ2n) is 7.80. The Hall–Kier alpha value is -3.40. The summed E-state index contributed by atoms with van der Waals surface area (Å²) in [5.74, 6) is 0.585. The lowest BCUT2D eigenvalue weighted by Gasteiger charge is -2.30. The molecule has 0 amide bonds. The van der Waals surface area contributed by atoms with E-state index >= 15 is 0 Å². The predicted octanol–water partition coefficient (Wildman–Crippen LogP) is 8.59. The third-order valence-electron chi connectivity index (χ3n) is 5.15. The first-order valence-corrected chi connectivity index (χ1v) is 12.0. The van der Waals surface area contributed by atoms with Gasteiger partial charge in [-0.25, -0.2) is 4.39 Å². The molecule has 190 valence electrons. The number of ether oxygens (including phenoxy) is 1. The number of rotatable bonds is 8. The lowest BCUT2D eigenvalue weighted by molar-refractivity contribution is 0.244. The van der Waals surface area contributed by atoms with Crippen LogP contribution < -0.4 is 0 Å². The van der Waals surface area contributed by atoms with Gasteiger partial charge in [0.05, 0.1) is 12.8 Å².